The molecule has 1 aliphatic carbocycles. The number of nitrogens with one attached hydrogen (secondary N) is 2. The summed E-state index contributed by atoms with van der Waals surface area (Å²) in [7, 11) is 0. The van der Waals surface area contributed by atoms with Crippen LogP contribution < -0.4 is 5.32 Å². The van der Waals surface area contributed by atoms with Gasteiger partial charge in [0.15, 0.2) is 0 Å². The minimum absolute atomic E-state index is 0.0539. The Hall–Kier alpha value is -1.81. The molecule has 1 aliphatic rings. The molecule has 0 spiro atoms. The number of aliphatic hydroxyl groups excluding tert-OH is 1. The van der Waals surface area contributed by atoms with Gasteiger partial charge in [-0.15, -0.1) is 0 Å². The van der Waals surface area contributed by atoms with Crippen molar-refractivity contribution in [1.29, 1.82) is 0 Å². The van der Waals surface area contributed by atoms with Crippen LogP contribution in [-0.2, 0) is 0 Å². The van der Waals surface area contributed by atoms with Crippen LogP contribution in [0.4, 0.5) is 0 Å². The average Bonchev–Trinajstić information content (AvgIpc) is 3.03. The molecule has 1 saturated carbocycles. The molecule has 94 valence electrons. The van der Waals surface area contributed by atoms with E-state index >= 15 is 0 Å². The summed E-state index contributed by atoms with van der Waals surface area (Å²) in [5.74, 6) is -0.0695. The Bertz CT molecular complexity index is 584. The molecule has 0 radical (unpaired) electrons. The van der Waals surface area contributed by atoms with Crippen molar-refractivity contribution in [3.8, 4) is 0 Å². The maximum Gasteiger partial charge on any atom is 0.251 e. The van der Waals surface area contributed by atoms with E-state index < -0.39 is 0 Å². The standard InChI is InChI=1S/C14H16N2O2/c17-9-14(5-6-14)8-16-13(18)11-2-1-3-12-10(11)4-7-15-12/h1-4,7,15,17H,5-6,8-9H2,(H,16,18). The fourth-order valence-electron chi connectivity index (χ4n) is 2.21. The van der Waals surface area contributed by atoms with E-state index in [9.17, 15) is 9.90 Å². The number of benzene rings is 1. The predicted molar refractivity (Wildman–Crippen MR) is 69.4 cm³/mol. The second-order valence-corrected chi connectivity index (χ2v) is 5.09. The van der Waals surface area contributed by atoms with Crippen molar-refractivity contribution >= 4 is 16.8 Å². The lowest BCUT2D eigenvalue weighted by Crippen LogP contribution is -2.31. The largest absolute Gasteiger partial charge is 0.396 e. The third-order valence-electron chi connectivity index (χ3n) is 3.76. The van der Waals surface area contributed by atoms with E-state index in [1.165, 1.54) is 0 Å². The lowest BCUT2D eigenvalue weighted by atomic mass is 10.1. The number of amides is 1. The van der Waals surface area contributed by atoms with Gasteiger partial charge in [-0.1, -0.05) is 6.07 Å². The molecule has 3 N–H and O–H groups in total. The first-order valence-corrected chi connectivity index (χ1v) is 6.19. The second kappa shape index (κ2) is 4.14. The minimum Gasteiger partial charge on any atom is -0.396 e. The summed E-state index contributed by atoms with van der Waals surface area (Å²) in [4.78, 5) is 15.2. The number of rotatable bonds is 4. The molecular formula is C14H16N2O2. The van der Waals surface area contributed by atoms with Crippen molar-refractivity contribution in [3.05, 3.63) is 36.0 Å². The molecule has 0 aliphatic heterocycles. The van der Waals surface area contributed by atoms with Crippen molar-refractivity contribution in [2.45, 2.75) is 12.8 Å². The third kappa shape index (κ3) is 1.88. The molecule has 2 aromatic rings. The van der Waals surface area contributed by atoms with Gasteiger partial charge in [-0.3, -0.25) is 4.79 Å². The first kappa shape index (κ1) is 11.3. The third-order valence-corrected chi connectivity index (χ3v) is 3.76. The Morgan fingerprint density at radius 3 is 2.94 bits per heavy atom. The van der Waals surface area contributed by atoms with Crippen LogP contribution in [0.3, 0.4) is 0 Å². The summed E-state index contributed by atoms with van der Waals surface area (Å²) < 4.78 is 0. The van der Waals surface area contributed by atoms with Gasteiger partial charge in [-0.05, 0) is 31.0 Å². The SMILES string of the molecule is O=C(NCC1(CO)CC1)c1cccc2[nH]ccc12. The van der Waals surface area contributed by atoms with Crippen molar-refractivity contribution in [1.82, 2.24) is 10.3 Å². The van der Waals surface area contributed by atoms with Crippen LogP contribution in [0.2, 0.25) is 0 Å². The number of aromatic amines is 1. The van der Waals surface area contributed by atoms with E-state index in [1.54, 1.807) is 0 Å². The highest BCUT2D eigenvalue weighted by molar-refractivity contribution is 6.06. The Balaban J connectivity index is 1.78. The first-order valence-electron chi connectivity index (χ1n) is 6.19. The van der Waals surface area contributed by atoms with Crippen molar-refractivity contribution < 1.29 is 9.90 Å². The van der Waals surface area contributed by atoms with Crippen LogP contribution in [0, 0.1) is 5.41 Å². The number of aliphatic hydroxyl groups is 1. The number of aromatic nitrogens is 1. The van der Waals surface area contributed by atoms with Crippen LogP contribution in [0.5, 0.6) is 0 Å². The number of hydrogen-bond acceptors (Lipinski definition) is 2. The van der Waals surface area contributed by atoms with E-state index in [0.717, 1.165) is 23.7 Å². The maximum absolute atomic E-state index is 12.1. The monoisotopic (exact) mass is 244 g/mol. The number of fused-ring (bicyclic) bond motifs is 1. The quantitative estimate of drug-likeness (QED) is 0.766. The van der Waals surface area contributed by atoms with Crippen LogP contribution in [0.25, 0.3) is 10.9 Å². The number of carbonyl (C=O) groups is 1. The molecule has 1 fully saturated rings. The van der Waals surface area contributed by atoms with Crippen molar-refractivity contribution in [2.24, 2.45) is 5.41 Å². The molecule has 1 aromatic heterocycles. The lowest BCUT2D eigenvalue weighted by Gasteiger charge is -2.13. The number of H-pyrrole nitrogens is 1. The van der Waals surface area contributed by atoms with Gasteiger partial charge in [-0.2, -0.15) is 0 Å². The zero-order chi connectivity index (χ0) is 12.6. The highest BCUT2D eigenvalue weighted by atomic mass is 16.3. The van der Waals surface area contributed by atoms with E-state index in [2.05, 4.69) is 10.3 Å². The molecule has 0 atom stereocenters. The smallest absolute Gasteiger partial charge is 0.251 e. The molecule has 0 bridgehead atoms. The molecule has 0 unspecified atom stereocenters. The van der Waals surface area contributed by atoms with Crippen molar-refractivity contribution in [2.75, 3.05) is 13.2 Å². The fourth-order valence-corrected chi connectivity index (χ4v) is 2.21. The zero-order valence-electron chi connectivity index (χ0n) is 10.1. The summed E-state index contributed by atoms with van der Waals surface area (Å²) in [5, 5.41) is 13.1. The Morgan fingerprint density at radius 2 is 2.22 bits per heavy atom. The summed E-state index contributed by atoms with van der Waals surface area (Å²) in [6.45, 7) is 0.713. The van der Waals surface area contributed by atoms with Gasteiger partial charge >= 0.3 is 0 Å². The van der Waals surface area contributed by atoms with Gasteiger partial charge in [0.2, 0.25) is 0 Å². The molecule has 0 saturated heterocycles. The highest BCUT2D eigenvalue weighted by Crippen LogP contribution is 2.44. The van der Waals surface area contributed by atoms with Crippen LogP contribution in [0.15, 0.2) is 30.5 Å². The topological polar surface area (TPSA) is 65.1 Å². The Kier molecular flexibility index (Phi) is 2.59. The van der Waals surface area contributed by atoms with E-state index in [1.807, 2.05) is 30.5 Å². The Labute approximate surface area is 105 Å². The molecule has 18 heavy (non-hydrogen) atoms. The average molecular weight is 244 g/mol. The summed E-state index contributed by atoms with van der Waals surface area (Å²) >= 11 is 0. The van der Waals surface area contributed by atoms with Crippen molar-refractivity contribution in [3.63, 3.8) is 0 Å². The molecule has 1 heterocycles. The van der Waals surface area contributed by atoms with Crippen LogP contribution in [-0.4, -0.2) is 29.1 Å². The van der Waals surface area contributed by atoms with E-state index in [-0.39, 0.29) is 17.9 Å². The van der Waals surface area contributed by atoms with Crippen LogP contribution >= 0.6 is 0 Å². The second-order valence-electron chi connectivity index (χ2n) is 5.09. The highest BCUT2D eigenvalue weighted by Gasteiger charge is 2.42. The molecule has 4 nitrogen and oxygen atoms in total. The van der Waals surface area contributed by atoms with Gasteiger partial charge in [0, 0.05) is 34.6 Å². The fraction of sp³-hybridized carbons (Fsp3) is 0.357. The van der Waals surface area contributed by atoms with Gasteiger partial charge in [0.25, 0.3) is 5.91 Å². The van der Waals surface area contributed by atoms with Gasteiger partial charge in [0.1, 0.15) is 0 Å². The lowest BCUT2D eigenvalue weighted by molar-refractivity contribution is 0.0937. The maximum atomic E-state index is 12.1. The van der Waals surface area contributed by atoms with Gasteiger partial charge in [-0.25, -0.2) is 0 Å². The minimum atomic E-state index is -0.0695. The Morgan fingerprint density at radius 1 is 1.39 bits per heavy atom. The normalized spacial score (nSPS) is 16.7. The van der Waals surface area contributed by atoms with Gasteiger partial charge < -0.3 is 15.4 Å². The summed E-state index contributed by atoms with van der Waals surface area (Å²) in [5.41, 5.74) is 1.59. The number of carbonyl (C=O) groups excluding carboxylic acids is 1. The first-order chi connectivity index (χ1) is 8.74. The van der Waals surface area contributed by atoms with E-state index in [0.29, 0.717) is 12.1 Å². The summed E-state index contributed by atoms with van der Waals surface area (Å²) in [6, 6.07) is 7.54. The zero-order valence-corrected chi connectivity index (χ0v) is 10.1. The van der Waals surface area contributed by atoms with Crippen LogP contribution in [0.1, 0.15) is 23.2 Å². The molecule has 3 rings (SSSR count). The molecule has 4 heteroatoms. The predicted octanol–water partition coefficient (Wildman–Crippen LogP) is 1.67. The number of hydrogen-bond donors (Lipinski definition) is 3. The molecule has 1 amide bonds. The molecule has 1 aromatic carbocycles. The van der Waals surface area contributed by atoms with E-state index in [4.69, 9.17) is 0 Å². The van der Waals surface area contributed by atoms with Gasteiger partial charge in [0.05, 0.1) is 6.61 Å². The molecular weight excluding hydrogens is 228 g/mol. The summed E-state index contributed by atoms with van der Waals surface area (Å²) in [6.07, 6.45) is 3.83.